The quantitative estimate of drug-likeness (QED) is 0.881. The summed E-state index contributed by atoms with van der Waals surface area (Å²) in [6, 6.07) is 6.60. The van der Waals surface area contributed by atoms with E-state index in [0.717, 1.165) is 57.3 Å². The summed E-state index contributed by atoms with van der Waals surface area (Å²) in [7, 11) is 0. The molecule has 1 aromatic heterocycles. The summed E-state index contributed by atoms with van der Waals surface area (Å²) < 4.78 is 0. The van der Waals surface area contributed by atoms with Crippen LogP contribution >= 0.6 is 0 Å². The second-order valence-corrected chi connectivity index (χ2v) is 8.77. The summed E-state index contributed by atoms with van der Waals surface area (Å²) >= 11 is 0. The maximum atomic E-state index is 13.4. The number of hydrogen-bond donors (Lipinski definition) is 1. The van der Waals surface area contributed by atoms with E-state index in [-0.39, 0.29) is 5.41 Å². The molecular formula is C21H32N4O. The van der Waals surface area contributed by atoms with Gasteiger partial charge in [-0.25, -0.2) is 4.98 Å². The first kappa shape index (κ1) is 17.8. The van der Waals surface area contributed by atoms with Crippen molar-refractivity contribution in [3.8, 4) is 0 Å². The van der Waals surface area contributed by atoms with Crippen LogP contribution < -0.4 is 10.2 Å². The molecule has 2 atom stereocenters. The van der Waals surface area contributed by atoms with E-state index in [4.69, 9.17) is 0 Å². The third-order valence-corrected chi connectivity index (χ3v) is 6.62. The van der Waals surface area contributed by atoms with E-state index in [0.29, 0.717) is 17.9 Å². The van der Waals surface area contributed by atoms with Crippen LogP contribution in [0.15, 0.2) is 24.4 Å². The Balaban J connectivity index is 1.58. The number of carbonyl (C=O) groups excluding carboxylic acids is 1. The normalized spacial score (nSPS) is 29.5. The van der Waals surface area contributed by atoms with Gasteiger partial charge in [0.15, 0.2) is 0 Å². The van der Waals surface area contributed by atoms with Crippen LogP contribution in [0.5, 0.6) is 0 Å². The number of amides is 1. The van der Waals surface area contributed by atoms with Gasteiger partial charge in [0.05, 0.1) is 5.41 Å². The Morgan fingerprint density at radius 2 is 2.19 bits per heavy atom. The molecule has 2 aliphatic heterocycles. The second-order valence-electron chi connectivity index (χ2n) is 8.77. The average Bonchev–Trinajstić information content (AvgIpc) is 3.43. The zero-order chi connectivity index (χ0) is 18.1. The molecule has 3 heterocycles. The van der Waals surface area contributed by atoms with Crippen LogP contribution in [0, 0.1) is 17.3 Å². The molecule has 0 radical (unpaired) electrons. The predicted octanol–water partition coefficient (Wildman–Crippen LogP) is 2.53. The minimum atomic E-state index is -0.268. The van der Waals surface area contributed by atoms with Crippen LogP contribution in [0.3, 0.4) is 0 Å². The number of rotatable bonds is 5. The third-order valence-electron chi connectivity index (χ3n) is 6.62. The molecule has 3 fully saturated rings. The molecule has 1 aliphatic carbocycles. The van der Waals surface area contributed by atoms with Crippen molar-refractivity contribution in [3.63, 3.8) is 0 Å². The number of hydrogen-bond acceptors (Lipinski definition) is 4. The molecule has 1 aromatic rings. The van der Waals surface area contributed by atoms with Crippen molar-refractivity contribution in [1.82, 2.24) is 15.2 Å². The maximum Gasteiger partial charge on any atom is 0.228 e. The predicted molar refractivity (Wildman–Crippen MR) is 104 cm³/mol. The highest BCUT2D eigenvalue weighted by atomic mass is 16.2. The number of nitrogens with zero attached hydrogens (tertiary/aromatic N) is 3. The highest BCUT2D eigenvalue weighted by Crippen LogP contribution is 2.44. The zero-order valence-corrected chi connectivity index (χ0v) is 16.2. The molecule has 1 N–H and O–H groups in total. The lowest BCUT2D eigenvalue weighted by Gasteiger charge is -2.33. The number of pyridine rings is 1. The van der Waals surface area contributed by atoms with Crippen molar-refractivity contribution >= 4 is 11.7 Å². The van der Waals surface area contributed by atoms with Crippen molar-refractivity contribution in [1.29, 1.82) is 0 Å². The lowest BCUT2D eigenvalue weighted by atomic mass is 9.74. The van der Waals surface area contributed by atoms with Crippen molar-refractivity contribution in [2.75, 3.05) is 37.6 Å². The summed E-state index contributed by atoms with van der Waals surface area (Å²) in [6.45, 7) is 9.25. The molecule has 2 saturated heterocycles. The molecular weight excluding hydrogens is 324 g/mol. The fourth-order valence-electron chi connectivity index (χ4n) is 4.75. The Labute approximate surface area is 157 Å². The van der Waals surface area contributed by atoms with Gasteiger partial charge in [0.2, 0.25) is 5.91 Å². The largest absolute Gasteiger partial charge is 0.355 e. The molecule has 5 nitrogen and oxygen atoms in total. The number of anilines is 1. The molecule has 1 saturated carbocycles. The van der Waals surface area contributed by atoms with Crippen LogP contribution in [0.25, 0.3) is 0 Å². The topological polar surface area (TPSA) is 48.5 Å². The first-order chi connectivity index (χ1) is 12.6. The number of fused-ring (bicyclic) bond motifs is 1. The first-order valence-corrected chi connectivity index (χ1v) is 10.3. The Morgan fingerprint density at radius 3 is 2.88 bits per heavy atom. The van der Waals surface area contributed by atoms with E-state index in [1.54, 1.807) is 0 Å². The van der Waals surface area contributed by atoms with Crippen molar-refractivity contribution in [2.24, 2.45) is 17.3 Å². The minimum Gasteiger partial charge on any atom is -0.355 e. The number of likely N-dealkylation sites (tertiary alicyclic amines) is 1. The van der Waals surface area contributed by atoms with Gasteiger partial charge in [-0.15, -0.1) is 0 Å². The summed E-state index contributed by atoms with van der Waals surface area (Å²) in [5.74, 6) is 2.39. The fraction of sp³-hybridized carbons (Fsp3) is 0.714. The fourth-order valence-corrected chi connectivity index (χ4v) is 4.75. The van der Waals surface area contributed by atoms with E-state index in [1.165, 1.54) is 12.8 Å². The highest BCUT2D eigenvalue weighted by molar-refractivity contribution is 5.84. The van der Waals surface area contributed by atoms with Gasteiger partial charge in [0.1, 0.15) is 5.82 Å². The molecule has 5 heteroatoms. The molecule has 0 bridgehead atoms. The van der Waals surface area contributed by atoms with Crippen LogP contribution in [0.4, 0.5) is 5.82 Å². The molecule has 0 aromatic carbocycles. The Bertz CT molecular complexity index is 630. The van der Waals surface area contributed by atoms with E-state index in [2.05, 4.69) is 40.0 Å². The molecule has 0 spiro atoms. The Hall–Kier alpha value is -1.62. The van der Waals surface area contributed by atoms with E-state index < -0.39 is 0 Å². The number of carbonyl (C=O) groups is 1. The Morgan fingerprint density at radius 1 is 1.35 bits per heavy atom. The monoisotopic (exact) mass is 356 g/mol. The van der Waals surface area contributed by atoms with Gasteiger partial charge in [0, 0.05) is 44.3 Å². The van der Waals surface area contributed by atoms with E-state index in [9.17, 15) is 4.79 Å². The van der Waals surface area contributed by atoms with Crippen LogP contribution in [0.2, 0.25) is 0 Å². The van der Waals surface area contributed by atoms with Crippen molar-refractivity contribution in [3.05, 3.63) is 24.4 Å². The smallest absolute Gasteiger partial charge is 0.228 e. The zero-order valence-electron chi connectivity index (χ0n) is 16.2. The summed E-state index contributed by atoms with van der Waals surface area (Å²) in [5.41, 5.74) is -0.268. The number of aromatic nitrogens is 1. The van der Waals surface area contributed by atoms with Crippen LogP contribution in [-0.4, -0.2) is 54.6 Å². The van der Waals surface area contributed by atoms with Gasteiger partial charge >= 0.3 is 0 Å². The molecule has 0 unspecified atom stereocenters. The SMILES string of the molecule is CC(C)N1CCC[C@]2(C(=O)NCC3CC3)CN(c3ccccn3)C[C@@H]2C1. The Kier molecular flexibility index (Phi) is 4.91. The molecule has 4 rings (SSSR count). The second kappa shape index (κ2) is 7.18. The summed E-state index contributed by atoms with van der Waals surface area (Å²) in [6.07, 6.45) is 6.49. The van der Waals surface area contributed by atoms with Crippen LogP contribution in [0.1, 0.15) is 39.5 Å². The van der Waals surface area contributed by atoms with Gasteiger partial charge in [-0.3, -0.25) is 4.79 Å². The summed E-state index contributed by atoms with van der Waals surface area (Å²) in [4.78, 5) is 22.8. The van der Waals surface area contributed by atoms with E-state index >= 15 is 0 Å². The molecule has 1 amide bonds. The maximum absolute atomic E-state index is 13.4. The molecule has 3 aliphatic rings. The van der Waals surface area contributed by atoms with Gasteiger partial charge in [-0.05, 0) is 64.1 Å². The van der Waals surface area contributed by atoms with Crippen molar-refractivity contribution in [2.45, 2.75) is 45.6 Å². The minimum absolute atomic E-state index is 0.268. The lowest BCUT2D eigenvalue weighted by molar-refractivity contribution is -0.132. The average molecular weight is 357 g/mol. The standard InChI is InChI=1S/C21H32N4O/c1-16(2)24-11-5-9-21(20(26)23-12-17-7-8-17)15-25(14-18(21)13-24)19-6-3-4-10-22-19/h3-4,6,10,16-18H,5,7-9,11-15H2,1-2H3,(H,23,26)/t18-,21-/m0/s1. The molecule has 26 heavy (non-hydrogen) atoms. The lowest BCUT2D eigenvalue weighted by Crippen LogP contribution is -2.48. The van der Waals surface area contributed by atoms with Crippen LogP contribution in [-0.2, 0) is 4.79 Å². The number of nitrogens with one attached hydrogen (secondary N) is 1. The van der Waals surface area contributed by atoms with Gasteiger partial charge in [0.25, 0.3) is 0 Å². The highest BCUT2D eigenvalue weighted by Gasteiger charge is 2.53. The van der Waals surface area contributed by atoms with Gasteiger partial charge in [-0.1, -0.05) is 6.07 Å². The van der Waals surface area contributed by atoms with Gasteiger partial charge in [-0.2, -0.15) is 0 Å². The molecule has 142 valence electrons. The summed E-state index contributed by atoms with van der Waals surface area (Å²) in [5, 5.41) is 3.32. The van der Waals surface area contributed by atoms with E-state index in [1.807, 2.05) is 18.3 Å². The van der Waals surface area contributed by atoms with Crippen molar-refractivity contribution < 1.29 is 4.79 Å². The first-order valence-electron chi connectivity index (χ1n) is 10.3. The van der Waals surface area contributed by atoms with Gasteiger partial charge < -0.3 is 15.1 Å². The third kappa shape index (κ3) is 3.46.